The molecular weight excluding hydrogens is 336 g/mol. The Morgan fingerprint density at radius 2 is 1.96 bits per heavy atom. The van der Waals surface area contributed by atoms with Gasteiger partial charge < -0.3 is 14.9 Å². The summed E-state index contributed by atoms with van der Waals surface area (Å²) in [5.41, 5.74) is 7.00. The van der Waals surface area contributed by atoms with Gasteiger partial charge in [0.2, 0.25) is 5.88 Å². The second kappa shape index (κ2) is 5.50. The van der Waals surface area contributed by atoms with E-state index in [0.29, 0.717) is 33.6 Å². The van der Waals surface area contributed by atoms with Crippen LogP contribution in [0.25, 0.3) is 10.8 Å². The molecule has 0 spiro atoms. The Bertz CT molecular complexity index is 1130. The van der Waals surface area contributed by atoms with E-state index in [0.717, 1.165) is 10.4 Å². The van der Waals surface area contributed by atoms with Crippen LogP contribution in [0.4, 0.5) is 0 Å². The Morgan fingerprint density at radius 1 is 1.20 bits per heavy atom. The molecule has 5 nitrogen and oxygen atoms in total. The zero-order valence-electron chi connectivity index (χ0n) is 13.6. The first-order valence-corrected chi connectivity index (χ1v) is 8.58. The van der Waals surface area contributed by atoms with Crippen LogP contribution in [-0.2, 0) is 0 Å². The van der Waals surface area contributed by atoms with Gasteiger partial charge in [-0.3, -0.25) is 4.79 Å². The van der Waals surface area contributed by atoms with Crippen LogP contribution in [0.3, 0.4) is 0 Å². The van der Waals surface area contributed by atoms with Crippen LogP contribution < -0.4 is 15.9 Å². The first-order valence-electron chi connectivity index (χ1n) is 7.70. The quantitative estimate of drug-likeness (QED) is 0.723. The molecule has 3 aromatic rings. The number of nitriles is 1. The largest absolute Gasteiger partial charge is 0.465 e. The third-order valence-electron chi connectivity index (χ3n) is 4.44. The first-order chi connectivity index (χ1) is 12.0. The minimum Gasteiger partial charge on any atom is -0.465 e. The summed E-state index contributed by atoms with van der Waals surface area (Å²) in [5, 5.41) is 12.6. The van der Waals surface area contributed by atoms with Gasteiger partial charge in [0.05, 0.1) is 16.7 Å². The number of hydrogen-bond donors (Lipinski definition) is 1. The fraction of sp³-hybridized carbons (Fsp3) is 0.158. The Labute approximate surface area is 147 Å². The summed E-state index contributed by atoms with van der Waals surface area (Å²) in [6.07, 6.45) is 0. The Kier molecular flexibility index (Phi) is 3.41. The fourth-order valence-electron chi connectivity index (χ4n) is 3.39. The van der Waals surface area contributed by atoms with E-state index in [1.165, 1.54) is 17.4 Å². The number of nitrogens with zero attached hydrogens (tertiary/aromatic N) is 1. The predicted molar refractivity (Wildman–Crippen MR) is 95.6 cm³/mol. The number of ether oxygens (including phenoxy) is 1. The molecule has 2 aromatic heterocycles. The minimum absolute atomic E-state index is 0.0617. The molecule has 0 bridgehead atoms. The fourth-order valence-corrected chi connectivity index (χ4v) is 4.25. The van der Waals surface area contributed by atoms with E-state index >= 15 is 0 Å². The minimum atomic E-state index is -0.363. The van der Waals surface area contributed by atoms with Crippen molar-refractivity contribution in [1.29, 1.82) is 5.26 Å². The van der Waals surface area contributed by atoms with Crippen LogP contribution in [0.2, 0.25) is 0 Å². The third-order valence-corrected chi connectivity index (χ3v) is 5.37. The molecule has 124 valence electrons. The number of aryl methyl sites for hydroxylation is 2. The summed E-state index contributed by atoms with van der Waals surface area (Å²) in [5.74, 6) is 1.32. The highest BCUT2D eigenvalue weighted by Gasteiger charge is 2.33. The molecule has 25 heavy (non-hydrogen) atoms. The zero-order valence-corrected chi connectivity index (χ0v) is 14.4. The summed E-state index contributed by atoms with van der Waals surface area (Å²) >= 11 is 1.53. The highest BCUT2D eigenvalue weighted by molar-refractivity contribution is 7.10. The standard InChI is InChI=1S/C19H14N2O3S/c1-9-15-13(22)6-5-11-17(14-4-3-7-25-14)12(8-20)19(21)24-18(11)16(15)10(2)23-9/h3-7,17H,21H2,1-2H3. The van der Waals surface area contributed by atoms with Gasteiger partial charge >= 0.3 is 0 Å². The average molecular weight is 350 g/mol. The monoisotopic (exact) mass is 350 g/mol. The number of nitrogens with two attached hydrogens (primary N) is 1. The van der Waals surface area contributed by atoms with Crippen LogP contribution >= 0.6 is 11.3 Å². The predicted octanol–water partition coefficient (Wildman–Crippen LogP) is 3.69. The van der Waals surface area contributed by atoms with E-state index in [1.807, 2.05) is 17.5 Å². The van der Waals surface area contributed by atoms with Crippen LogP contribution in [0.15, 0.2) is 50.3 Å². The van der Waals surface area contributed by atoms with E-state index in [2.05, 4.69) is 6.07 Å². The number of hydrogen-bond acceptors (Lipinski definition) is 6. The van der Waals surface area contributed by atoms with Gasteiger partial charge in [-0.1, -0.05) is 12.1 Å². The molecule has 1 aliphatic heterocycles. The summed E-state index contributed by atoms with van der Waals surface area (Å²) < 4.78 is 11.5. The molecule has 6 heteroatoms. The summed E-state index contributed by atoms with van der Waals surface area (Å²) in [6.45, 7) is 3.54. The van der Waals surface area contributed by atoms with Crippen molar-refractivity contribution in [1.82, 2.24) is 0 Å². The topological polar surface area (TPSA) is 89.2 Å². The van der Waals surface area contributed by atoms with Crippen LogP contribution in [-0.4, -0.2) is 0 Å². The summed E-state index contributed by atoms with van der Waals surface area (Å²) in [4.78, 5) is 13.5. The molecule has 0 fully saturated rings. The van der Waals surface area contributed by atoms with Crippen molar-refractivity contribution in [2.45, 2.75) is 19.8 Å². The Hall–Kier alpha value is -3.04. The smallest absolute Gasteiger partial charge is 0.205 e. The number of thiophene rings is 1. The Morgan fingerprint density at radius 3 is 2.64 bits per heavy atom. The number of rotatable bonds is 1. The van der Waals surface area contributed by atoms with Crippen LogP contribution in [0, 0.1) is 25.2 Å². The lowest BCUT2D eigenvalue weighted by Crippen LogP contribution is -2.20. The maximum absolute atomic E-state index is 12.6. The van der Waals surface area contributed by atoms with Gasteiger partial charge in [-0.05, 0) is 31.4 Å². The number of allylic oxidation sites excluding steroid dienone is 1. The molecule has 0 aliphatic carbocycles. The molecular formula is C19H14N2O3S. The van der Waals surface area contributed by atoms with E-state index < -0.39 is 0 Å². The summed E-state index contributed by atoms with van der Waals surface area (Å²) in [7, 11) is 0. The maximum Gasteiger partial charge on any atom is 0.205 e. The van der Waals surface area contributed by atoms with Gasteiger partial charge in [0.25, 0.3) is 0 Å². The average Bonchev–Trinajstić information content (AvgIpc) is 3.16. The SMILES string of the molecule is Cc1oc(C)c2c(=O)ccc3c(c12)OC(N)=C(C#N)C3c1cccs1. The van der Waals surface area contributed by atoms with Gasteiger partial charge in [-0.2, -0.15) is 5.26 Å². The highest BCUT2D eigenvalue weighted by Crippen LogP contribution is 2.46. The molecule has 1 aromatic carbocycles. The highest BCUT2D eigenvalue weighted by atomic mass is 32.1. The molecule has 0 saturated carbocycles. The van der Waals surface area contributed by atoms with Crippen molar-refractivity contribution in [2.24, 2.45) is 5.73 Å². The normalized spacial score (nSPS) is 16.4. The summed E-state index contributed by atoms with van der Waals surface area (Å²) in [6, 6.07) is 9.26. The molecule has 4 rings (SSSR count). The molecule has 2 N–H and O–H groups in total. The van der Waals surface area contributed by atoms with E-state index in [9.17, 15) is 10.1 Å². The molecule has 1 aliphatic rings. The molecule has 1 atom stereocenters. The van der Waals surface area contributed by atoms with Gasteiger partial charge in [-0.15, -0.1) is 11.3 Å². The van der Waals surface area contributed by atoms with Crippen molar-refractivity contribution in [3.8, 4) is 11.8 Å². The first kappa shape index (κ1) is 15.5. The van der Waals surface area contributed by atoms with E-state index in [4.69, 9.17) is 14.9 Å². The molecule has 0 saturated heterocycles. The molecule has 3 heterocycles. The van der Waals surface area contributed by atoms with Gasteiger partial charge in [0.15, 0.2) is 5.43 Å². The molecule has 0 amide bonds. The van der Waals surface area contributed by atoms with Gasteiger partial charge in [0.1, 0.15) is 28.9 Å². The van der Waals surface area contributed by atoms with Gasteiger partial charge in [-0.25, -0.2) is 0 Å². The zero-order chi connectivity index (χ0) is 17.7. The second-order valence-corrected chi connectivity index (χ2v) is 6.87. The molecule has 0 radical (unpaired) electrons. The van der Waals surface area contributed by atoms with Crippen LogP contribution in [0.1, 0.15) is 27.9 Å². The van der Waals surface area contributed by atoms with Gasteiger partial charge in [0, 0.05) is 10.4 Å². The van der Waals surface area contributed by atoms with Crippen molar-refractivity contribution < 1.29 is 9.15 Å². The second-order valence-electron chi connectivity index (χ2n) is 5.89. The van der Waals surface area contributed by atoms with E-state index in [1.54, 1.807) is 19.9 Å². The number of fused-ring (bicyclic) bond motifs is 3. The third kappa shape index (κ3) is 2.17. The van der Waals surface area contributed by atoms with Crippen molar-refractivity contribution in [2.75, 3.05) is 0 Å². The lowest BCUT2D eigenvalue weighted by Gasteiger charge is -2.24. The molecule has 1 unspecified atom stereocenters. The van der Waals surface area contributed by atoms with Crippen molar-refractivity contribution in [3.05, 3.63) is 73.3 Å². The lowest BCUT2D eigenvalue weighted by molar-refractivity contribution is 0.398. The maximum atomic E-state index is 12.6. The number of furan rings is 1. The van der Waals surface area contributed by atoms with Crippen LogP contribution in [0.5, 0.6) is 5.75 Å². The van der Waals surface area contributed by atoms with Crippen molar-refractivity contribution in [3.63, 3.8) is 0 Å². The van der Waals surface area contributed by atoms with E-state index in [-0.39, 0.29) is 17.2 Å². The Balaban J connectivity index is 2.17. The van der Waals surface area contributed by atoms with Crippen molar-refractivity contribution >= 4 is 22.1 Å². The lowest BCUT2D eigenvalue weighted by atomic mass is 9.88.